The Bertz CT molecular complexity index is 573. The first-order chi connectivity index (χ1) is 9.06. The van der Waals surface area contributed by atoms with Crippen molar-refractivity contribution in [2.24, 2.45) is 0 Å². The lowest BCUT2D eigenvalue weighted by Gasteiger charge is -2.12. The Balaban J connectivity index is 2.00. The zero-order chi connectivity index (χ0) is 13.8. The quantitative estimate of drug-likeness (QED) is 0.598. The molecule has 2 aromatic rings. The van der Waals surface area contributed by atoms with E-state index in [0.29, 0.717) is 21.6 Å². The Morgan fingerprint density at radius 3 is 3.00 bits per heavy atom. The van der Waals surface area contributed by atoms with E-state index in [-0.39, 0.29) is 11.2 Å². The molecule has 1 aromatic carbocycles. The third-order valence-electron chi connectivity index (χ3n) is 2.40. The van der Waals surface area contributed by atoms with Crippen molar-refractivity contribution in [2.75, 3.05) is 11.1 Å². The lowest BCUT2D eigenvalue weighted by atomic mass is 10.2. The van der Waals surface area contributed by atoms with Crippen molar-refractivity contribution in [3.63, 3.8) is 0 Å². The van der Waals surface area contributed by atoms with Crippen LogP contribution in [-0.2, 0) is 4.79 Å². The standard InChI is InChI=1S/C12H13ClN4OS/c1-7(19-12-15-4-5-16-12)11(18)17-10-3-2-8(13)6-9(10)14/h2-7H,14H2,1H3,(H,15,16)(H,17,18). The molecule has 0 aliphatic rings. The maximum atomic E-state index is 12.0. The van der Waals surface area contributed by atoms with Crippen molar-refractivity contribution in [1.82, 2.24) is 9.97 Å². The molecule has 7 heteroatoms. The molecule has 0 radical (unpaired) electrons. The minimum Gasteiger partial charge on any atom is -0.397 e. The van der Waals surface area contributed by atoms with Crippen LogP contribution in [0.2, 0.25) is 5.02 Å². The van der Waals surface area contributed by atoms with Gasteiger partial charge in [-0.1, -0.05) is 23.4 Å². The van der Waals surface area contributed by atoms with Crippen molar-refractivity contribution >= 4 is 40.6 Å². The molecule has 1 unspecified atom stereocenters. The van der Waals surface area contributed by atoms with Crippen LogP contribution in [0.3, 0.4) is 0 Å². The summed E-state index contributed by atoms with van der Waals surface area (Å²) in [6.45, 7) is 1.80. The van der Waals surface area contributed by atoms with Crippen LogP contribution in [0.25, 0.3) is 0 Å². The van der Waals surface area contributed by atoms with Crippen molar-refractivity contribution in [3.8, 4) is 0 Å². The van der Waals surface area contributed by atoms with E-state index in [0.717, 1.165) is 0 Å². The fourth-order valence-corrected chi connectivity index (χ4v) is 2.36. The highest BCUT2D eigenvalue weighted by Crippen LogP contribution is 2.25. The third kappa shape index (κ3) is 3.65. The fourth-order valence-electron chi connectivity index (χ4n) is 1.42. The molecule has 0 fully saturated rings. The molecule has 0 bridgehead atoms. The molecule has 0 aliphatic carbocycles. The van der Waals surface area contributed by atoms with Gasteiger partial charge in [0.25, 0.3) is 0 Å². The summed E-state index contributed by atoms with van der Waals surface area (Å²) in [5.41, 5.74) is 6.78. The van der Waals surface area contributed by atoms with Crippen molar-refractivity contribution < 1.29 is 4.79 Å². The number of H-pyrrole nitrogens is 1. The largest absolute Gasteiger partial charge is 0.397 e. The number of rotatable bonds is 4. The van der Waals surface area contributed by atoms with E-state index in [4.69, 9.17) is 17.3 Å². The summed E-state index contributed by atoms with van der Waals surface area (Å²) in [5, 5.41) is 3.71. The first-order valence-electron chi connectivity index (χ1n) is 5.58. The highest BCUT2D eigenvalue weighted by molar-refractivity contribution is 8.00. The molecule has 2 rings (SSSR count). The molecule has 1 atom stereocenters. The number of nitrogens with one attached hydrogen (secondary N) is 2. The van der Waals surface area contributed by atoms with Gasteiger partial charge in [-0.25, -0.2) is 4.98 Å². The Hall–Kier alpha value is -1.66. The Morgan fingerprint density at radius 1 is 1.58 bits per heavy atom. The third-order valence-corrected chi connectivity index (χ3v) is 3.65. The highest BCUT2D eigenvalue weighted by Gasteiger charge is 2.16. The van der Waals surface area contributed by atoms with Crippen LogP contribution in [0.1, 0.15) is 6.92 Å². The van der Waals surface area contributed by atoms with Gasteiger partial charge in [-0.15, -0.1) is 0 Å². The van der Waals surface area contributed by atoms with Gasteiger partial charge in [0.1, 0.15) is 0 Å². The molecule has 1 amide bonds. The number of anilines is 2. The molecule has 1 heterocycles. The number of halogens is 1. The molecule has 4 N–H and O–H groups in total. The fraction of sp³-hybridized carbons (Fsp3) is 0.167. The second-order valence-corrected chi connectivity index (χ2v) is 5.64. The number of thioether (sulfide) groups is 1. The van der Waals surface area contributed by atoms with Gasteiger partial charge >= 0.3 is 0 Å². The van der Waals surface area contributed by atoms with E-state index in [1.54, 1.807) is 37.5 Å². The van der Waals surface area contributed by atoms with Crippen molar-refractivity contribution in [1.29, 1.82) is 0 Å². The molecular weight excluding hydrogens is 284 g/mol. The summed E-state index contributed by atoms with van der Waals surface area (Å²) in [6, 6.07) is 4.96. The van der Waals surface area contributed by atoms with Crippen LogP contribution in [0.4, 0.5) is 11.4 Å². The molecule has 0 aliphatic heterocycles. The zero-order valence-corrected chi connectivity index (χ0v) is 11.8. The number of nitrogen functional groups attached to an aromatic ring is 1. The maximum Gasteiger partial charge on any atom is 0.237 e. The molecule has 0 spiro atoms. The molecular formula is C12H13ClN4OS. The minimum atomic E-state index is -0.291. The van der Waals surface area contributed by atoms with E-state index in [1.165, 1.54) is 11.8 Å². The molecule has 0 saturated carbocycles. The molecule has 5 nitrogen and oxygen atoms in total. The van der Waals surface area contributed by atoms with Crippen LogP contribution >= 0.6 is 23.4 Å². The van der Waals surface area contributed by atoms with Crippen LogP contribution in [0, 0.1) is 0 Å². The van der Waals surface area contributed by atoms with E-state index in [9.17, 15) is 4.79 Å². The predicted octanol–water partition coefficient (Wildman–Crippen LogP) is 2.76. The van der Waals surface area contributed by atoms with Gasteiger partial charge < -0.3 is 16.0 Å². The highest BCUT2D eigenvalue weighted by atomic mass is 35.5. The number of aromatic amines is 1. The van der Waals surface area contributed by atoms with Gasteiger partial charge in [-0.05, 0) is 25.1 Å². The number of nitrogens with two attached hydrogens (primary N) is 1. The van der Waals surface area contributed by atoms with E-state index >= 15 is 0 Å². The number of aromatic nitrogens is 2. The summed E-state index contributed by atoms with van der Waals surface area (Å²) in [6.07, 6.45) is 3.36. The number of hydrogen-bond acceptors (Lipinski definition) is 4. The Morgan fingerprint density at radius 2 is 2.37 bits per heavy atom. The maximum absolute atomic E-state index is 12.0. The zero-order valence-electron chi connectivity index (χ0n) is 10.2. The predicted molar refractivity (Wildman–Crippen MR) is 78.4 cm³/mol. The second-order valence-electron chi connectivity index (χ2n) is 3.88. The monoisotopic (exact) mass is 296 g/mol. The summed E-state index contributed by atoms with van der Waals surface area (Å²) in [7, 11) is 0. The van der Waals surface area contributed by atoms with Crippen molar-refractivity contribution in [3.05, 3.63) is 35.6 Å². The molecule has 1 aromatic heterocycles. The number of benzene rings is 1. The molecule has 100 valence electrons. The summed E-state index contributed by atoms with van der Waals surface area (Å²) in [4.78, 5) is 19.0. The molecule has 0 saturated heterocycles. The number of carbonyl (C=O) groups is 1. The topological polar surface area (TPSA) is 83.8 Å². The Labute approximate surface area is 119 Å². The Kier molecular flexibility index (Phi) is 4.34. The number of nitrogens with zero attached hydrogens (tertiary/aromatic N) is 1. The van der Waals surface area contributed by atoms with Crippen molar-refractivity contribution in [2.45, 2.75) is 17.3 Å². The van der Waals surface area contributed by atoms with Gasteiger partial charge in [0.05, 0.1) is 16.6 Å². The van der Waals surface area contributed by atoms with Gasteiger partial charge in [0, 0.05) is 17.4 Å². The van der Waals surface area contributed by atoms with E-state index in [1.807, 2.05) is 0 Å². The summed E-state index contributed by atoms with van der Waals surface area (Å²) in [5.74, 6) is -0.143. The average molecular weight is 297 g/mol. The first kappa shape index (κ1) is 13.8. The van der Waals surface area contributed by atoms with Gasteiger partial charge in [0.2, 0.25) is 5.91 Å². The first-order valence-corrected chi connectivity index (χ1v) is 6.84. The SMILES string of the molecule is CC(Sc1ncc[nH]1)C(=O)Nc1ccc(Cl)cc1N. The van der Waals surface area contributed by atoms with Crippen LogP contribution in [-0.4, -0.2) is 21.1 Å². The number of amides is 1. The lowest BCUT2D eigenvalue weighted by molar-refractivity contribution is -0.115. The van der Waals surface area contributed by atoms with Gasteiger partial charge in [0.15, 0.2) is 5.16 Å². The average Bonchev–Trinajstić information content (AvgIpc) is 2.85. The van der Waals surface area contributed by atoms with Gasteiger partial charge in [-0.3, -0.25) is 4.79 Å². The van der Waals surface area contributed by atoms with Crippen LogP contribution < -0.4 is 11.1 Å². The van der Waals surface area contributed by atoms with Gasteiger partial charge in [-0.2, -0.15) is 0 Å². The molecule has 19 heavy (non-hydrogen) atoms. The summed E-state index contributed by atoms with van der Waals surface area (Å²) < 4.78 is 0. The number of imidazole rings is 1. The summed E-state index contributed by atoms with van der Waals surface area (Å²) >= 11 is 7.14. The van der Waals surface area contributed by atoms with E-state index < -0.39 is 0 Å². The van der Waals surface area contributed by atoms with Crippen LogP contribution in [0.15, 0.2) is 35.7 Å². The smallest absolute Gasteiger partial charge is 0.237 e. The van der Waals surface area contributed by atoms with E-state index in [2.05, 4.69) is 15.3 Å². The number of hydrogen-bond donors (Lipinski definition) is 3. The minimum absolute atomic E-state index is 0.143. The number of carbonyl (C=O) groups excluding carboxylic acids is 1. The van der Waals surface area contributed by atoms with Crippen LogP contribution in [0.5, 0.6) is 0 Å². The normalized spacial score (nSPS) is 12.1. The second kappa shape index (κ2) is 5.99. The lowest BCUT2D eigenvalue weighted by Crippen LogP contribution is -2.23.